The van der Waals surface area contributed by atoms with Gasteiger partial charge in [0.15, 0.2) is 0 Å². The minimum absolute atomic E-state index is 0.487. The van der Waals surface area contributed by atoms with Gasteiger partial charge in [-0.2, -0.15) is 0 Å². The van der Waals surface area contributed by atoms with Crippen LogP contribution in [-0.2, 0) is 0 Å². The molecule has 0 aliphatic rings. The minimum atomic E-state index is 0.487. The largest absolute Gasteiger partial charge is 0.494 e. The highest BCUT2D eigenvalue weighted by molar-refractivity contribution is 5.69. The van der Waals surface area contributed by atoms with Crippen LogP contribution < -0.4 is 15.8 Å². The van der Waals surface area contributed by atoms with Crippen LogP contribution in [0.2, 0.25) is 0 Å². The van der Waals surface area contributed by atoms with Crippen molar-refractivity contribution in [3.63, 3.8) is 0 Å². The number of nitrogens with one attached hydrogen (secondary N) is 1. The molecule has 4 nitrogen and oxygen atoms in total. The Morgan fingerprint density at radius 2 is 2.00 bits per heavy atom. The molecule has 3 N–H and O–H groups in total. The topological polar surface area (TPSA) is 60.2 Å². The summed E-state index contributed by atoms with van der Waals surface area (Å²) in [6, 6.07) is 11.4. The number of anilines is 3. The number of nitrogens with zero attached hydrogens (tertiary/aromatic N) is 1. The summed E-state index contributed by atoms with van der Waals surface area (Å²) in [7, 11) is 0. The molecule has 1 aromatic carbocycles. The monoisotopic (exact) mass is 229 g/mol. The summed E-state index contributed by atoms with van der Waals surface area (Å²) in [5, 5.41) is 3.20. The van der Waals surface area contributed by atoms with Gasteiger partial charge in [0.2, 0.25) is 0 Å². The van der Waals surface area contributed by atoms with Gasteiger partial charge in [-0.3, -0.25) is 0 Å². The van der Waals surface area contributed by atoms with Crippen molar-refractivity contribution >= 4 is 17.2 Å². The maximum absolute atomic E-state index is 5.75. The normalized spacial score (nSPS) is 9.94. The lowest BCUT2D eigenvalue weighted by atomic mass is 10.3. The fourth-order valence-electron chi connectivity index (χ4n) is 1.48. The third-order valence-electron chi connectivity index (χ3n) is 2.28. The Morgan fingerprint density at radius 3 is 2.65 bits per heavy atom. The van der Waals surface area contributed by atoms with Gasteiger partial charge in [0, 0.05) is 11.9 Å². The van der Waals surface area contributed by atoms with Crippen molar-refractivity contribution in [1.29, 1.82) is 0 Å². The Kier molecular flexibility index (Phi) is 3.45. The lowest BCUT2D eigenvalue weighted by Gasteiger charge is -2.09. The molecule has 0 unspecified atom stereocenters. The van der Waals surface area contributed by atoms with Gasteiger partial charge in [-0.1, -0.05) is 0 Å². The Hall–Kier alpha value is -2.23. The average Bonchev–Trinajstić information content (AvgIpc) is 2.35. The van der Waals surface area contributed by atoms with Crippen LogP contribution in [0.15, 0.2) is 42.6 Å². The highest BCUT2D eigenvalue weighted by Crippen LogP contribution is 2.22. The summed E-state index contributed by atoms with van der Waals surface area (Å²) < 4.78 is 5.37. The molecule has 0 spiro atoms. The van der Waals surface area contributed by atoms with Gasteiger partial charge < -0.3 is 15.8 Å². The van der Waals surface area contributed by atoms with Gasteiger partial charge in [-0.05, 0) is 43.3 Å². The van der Waals surface area contributed by atoms with Crippen molar-refractivity contribution in [3.05, 3.63) is 42.6 Å². The standard InChI is InChI=1S/C13H15N3O/c1-2-17-11-7-5-10(6-8-11)16-12-4-3-9-15-13(12)14/h3-9,16H,2H2,1H3,(H2,14,15). The maximum Gasteiger partial charge on any atom is 0.147 e. The second kappa shape index (κ2) is 5.21. The van der Waals surface area contributed by atoms with Gasteiger partial charge in [-0.15, -0.1) is 0 Å². The first kappa shape index (κ1) is 11.3. The van der Waals surface area contributed by atoms with Gasteiger partial charge in [0.05, 0.1) is 12.3 Å². The van der Waals surface area contributed by atoms with E-state index in [1.165, 1.54) is 0 Å². The quantitative estimate of drug-likeness (QED) is 0.846. The van der Waals surface area contributed by atoms with Crippen LogP contribution >= 0.6 is 0 Å². The lowest BCUT2D eigenvalue weighted by molar-refractivity contribution is 0.340. The van der Waals surface area contributed by atoms with E-state index in [1.807, 2.05) is 43.3 Å². The van der Waals surface area contributed by atoms with Crippen LogP contribution in [0, 0.1) is 0 Å². The zero-order chi connectivity index (χ0) is 12.1. The number of hydrogen-bond acceptors (Lipinski definition) is 4. The molecule has 2 rings (SSSR count). The van der Waals surface area contributed by atoms with E-state index in [0.29, 0.717) is 12.4 Å². The van der Waals surface area contributed by atoms with E-state index in [-0.39, 0.29) is 0 Å². The van der Waals surface area contributed by atoms with E-state index in [9.17, 15) is 0 Å². The number of rotatable bonds is 4. The summed E-state index contributed by atoms with van der Waals surface area (Å²) in [5.74, 6) is 1.35. The first-order valence-corrected chi connectivity index (χ1v) is 5.50. The smallest absolute Gasteiger partial charge is 0.147 e. The van der Waals surface area contributed by atoms with E-state index in [1.54, 1.807) is 6.20 Å². The SMILES string of the molecule is CCOc1ccc(Nc2cccnc2N)cc1. The van der Waals surface area contributed by atoms with Gasteiger partial charge >= 0.3 is 0 Å². The Morgan fingerprint density at radius 1 is 1.24 bits per heavy atom. The molecule has 0 amide bonds. The van der Waals surface area contributed by atoms with Crippen LogP contribution in [0.5, 0.6) is 5.75 Å². The second-order valence-electron chi connectivity index (χ2n) is 3.52. The molecule has 0 saturated carbocycles. The number of aromatic nitrogens is 1. The summed E-state index contributed by atoms with van der Waals surface area (Å²) >= 11 is 0. The third-order valence-corrected chi connectivity index (χ3v) is 2.28. The van der Waals surface area contributed by atoms with E-state index >= 15 is 0 Å². The number of hydrogen-bond donors (Lipinski definition) is 2. The molecule has 0 aliphatic carbocycles. The fraction of sp³-hybridized carbons (Fsp3) is 0.154. The number of pyridine rings is 1. The summed E-state index contributed by atoms with van der Waals surface area (Å²) in [5.41, 5.74) is 7.50. The zero-order valence-corrected chi connectivity index (χ0v) is 9.68. The summed E-state index contributed by atoms with van der Waals surface area (Å²) in [6.07, 6.45) is 1.67. The van der Waals surface area contributed by atoms with Gasteiger partial charge in [-0.25, -0.2) is 4.98 Å². The lowest BCUT2D eigenvalue weighted by Crippen LogP contribution is -1.98. The third kappa shape index (κ3) is 2.87. The van der Waals surface area contributed by atoms with Crippen LogP contribution in [-0.4, -0.2) is 11.6 Å². The molecule has 1 aromatic heterocycles. The molecule has 1 heterocycles. The maximum atomic E-state index is 5.75. The van der Waals surface area contributed by atoms with Gasteiger partial charge in [0.1, 0.15) is 11.6 Å². The predicted molar refractivity (Wildman–Crippen MR) is 69.5 cm³/mol. The molecule has 4 heteroatoms. The summed E-state index contributed by atoms with van der Waals surface area (Å²) in [4.78, 5) is 4.01. The van der Waals surface area contributed by atoms with E-state index in [4.69, 9.17) is 10.5 Å². The molecule has 0 aliphatic heterocycles. The molecule has 0 saturated heterocycles. The first-order valence-electron chi connectivity index (χ1n) is 5.50. The van der Waals surface area contributed by atoms with E-state index < -0.39 is 0 Å². The van der Waals surface area contributed by atoms with Crippen LogP contribution in [0.1, 0.15) is 6.92 Å². The predicted octanol–water partition coefficient (Wildman–Crippen LogP) is 2.81. The fourth-order valence-corrected chi connectivity index (χ4v) is 1.48. The molecule has 88 valence electrons. The number of nitrogens with two attached hydrogens (primary N) is 1. The molecule has 2 aromatic rings. The Labute approximate surface area is 100 Å². The van der Waals surface area contributed by atoms with Crippen molar-refractivity contribution < 1.29 is 4.74 Å². The van der Waals surface area contributed by atoms with Crippen LogP contribution in [0.3, 0.4) is 0 Å². The van der Waals surface area contributed by atoms with Crippen molar-refractivity contribution in [3.8, 4) is 5.75 Å². The highest BCUT2D eigenvalue weighted by Gasteiger charge is 1.99. The number of nitrogen functional groups attached to an aromatic ring is 1. The van der Waals surface area contributed by atoms with E-state index in [0.717, 1.165) is 17.1 Å². The number of ether oxygens (including phenoxy) is 1. The molecule has 0 atom stereocenters. The molecule has 0 bridgehead atoms. The molecule has 17 heavy (non-hydrogen) atoms. The molecular formula is C13H15N3O. The van der Waals surface area contributed by atoms with Crippen molar-refractivity contribution in [2.45, 2.75) is 6.92 Å². The van der Waals surface area contributed by atoms with Crippen LogP contribution in [0.25, 0.3) is 0 Å². The number of benzene rings is 1. The van der Waals surface area contributed by atoms with Crippen LogP contribution in [0.4, 0.5) is 17.2 Å². The highest BCUT2D eigenvalue weighted by atomic mass is 16.5. The molecular weight excluding hydrogens is 214 g/mol. The average molecular weight is 229 g/mol. The van der Waals surface area contributed by atoms with Gasteiger partial charge in [0.25, 0.3) is 0 Å². The zero-order valence-electron chi connectivity index (χ0n) is 9.68. The first-order chi connectivity index (χ1) is 8.29. The van der Waals surface area contributed by atoms with Crippen molar-refractivity contribution in [1.82, 2.24) is 4.98 Å². The Bertz CT molecular complexity index is 482. The summed E-state index contributed by atoms with van der Waals surface area (Å²) in [6.45, 7) is 2.63. The molecule has 0 fully saturated rings. The molecule has 0 radical (unpaired) electrons. The second-order valence-corrected chi connectivity index (χ2v) is 3.52. The minimum Gasteiger partial charge on any atom is -0.494 e. The Balaban J connectivity index is 2.11. The van der Waals surface area contributed by atoms with E-state index in [2.05, 4.69) is 10.3 Å². The van der Waals surface area contributed by atoms with Crippen molar-refractivity contribution in [2.24, 2.45) is 0 Å². The van der Waals surface area contributed by atoms with Crippen molar-refractivity contribution in [2.75, 3.05) is 17.7 Å².